The van der Waals surface area contributed by atoms with E-state index in [1.54, 1.807) is 25.1 Å². The van der Waals surface area contributed by atoms with Crippen LogP contribution in [0.2, 0.25) is 5.02 Å². The number of aromatic nitrogens is 2. The van der Waals surface area contributed by atoms with Crippen molar-refractivity contribution in [2.24, 2.45) is 0 Å². The predicted octanol–water partition coefficient (Wildman–Crippen LogP) is 4.39. The summed E-state index contributed by atoms with van der Waals surface area (Å²) in [7, 11) is 0. The van der Waals surface area contributed by atoms with Crippen molar-refractivity contribution < 1.29 is 9.53 Å². The highest BCUT2D eigenvalue weighted by Crippen LogP contribution is 2.22. The number of benzene rings is 2. The number of rotatable bonds is 8. The van der Waals surface area contributed by atoms with Crippen LogP contribution < -0.4 is 15.6 Å². The number of carbonyl (C=O) groups excluding carboxylic acids is 1. The Balaban J connectivity index is 1.64. The molecule has 0 aliphatic carbocycles. The van der Waals surface area contributed by atoms with Crippen LogP contribution in [0.1, 0.15) is 25.0 Å². The minimum atomic E-state index is -0.386. The summed E-state index contributed by atoms with van der Waals surface area (Å²) in [4.78, 5) is 24.8. The molecule has 31 heavy (non-hydrogen) atoms. The van der Waals surface area contributed by atoms with Gasteiger partial charge in [0.25, 0.3) is 5.56 Å². The Hall–Kier alpha value is -2.77. The molecule has 2 aromatic carbocycles. The summed E-state index contributed by atoms with van der Waals surface area (Å²) in [5.74, 6) is 0.689. The van der Waals surface area contributed by atoms with Crippen LogP contribution in [0.15, 0.2) is 64.4 Å². The average molecular weight is 458 g/mol. The molecule has 0 aliphatic heterocycles. The van der Waals surface area contributed by atoms with Gasteiger partial charge in [0.05, 0.1) is 17.5 Å². The molecule has 0 spiro atoms. The number of nitrogens with zero attached hydrogens (tertiary/aromatic N) is 2. The zero-order valence-corrected chi connectivity index (χ0v) is 19.2. The molecule has 0 aliphatic rings. The summed E-state index contributed by atoms with van der Waals surface area (Å²) in [5, 5.41) is 8.07. The fraction of sp³-hybridized carbons (Fsp3) is 0.261. The molecule has 1 aromatic heterocycles. The van der Waals surface area contributed by atoms with Crippen molar-refractivity contribution in [1.29, 1.82) is 0 Å². The van der Waals surface area contributed by atoms with Gasteiger partial charge in [-0.25, -0.2) is 0 Å². The molecular weight excluding hydrogens is 434 g/mol. The van der Waals surface area contributed by atoms with Crippen LogP contribution in [0.4, 0.5) is 0 Å². The van der Waals surface area contributed by atoms with Gasteiger partial charge in [-0.15, -0.1) is 0 Å². The molecule has 0 bridgehead atoms. The summed E-state index contributed by atoms with van der Waals surface area (Å²) >= 11 is 7.47. The first-order valence-corrected chi connectivity index (χ1v) is 11.2. The normalized spacial score (nSPS) is 11.7. The number of carbonyl (C=O) groups is 1. The molecule has 0 saturated heterocycles. The molecule has 0 unspecified atom stereocenters. The van der Waals surface area contributed by atoms with Gasteiger partial charge in [-0.3, -0.25) is 9.59 Å². The van der Waals surface area contributed by atoms with Crippen molar-refractivity contribution in [3.8, 4) is 11.4 Å². The smallest absolute Gasteiger partial charge is 0.271 e. The number of aryl methyl sites for hydroxylation is 1. The van der Waals surface area contributed by atoms with Gasteiger partial charge >= 0.3 is 0 Å². The fourth-order valence-corrected chi connectivity index (χ4v) is 3.80. The predicted molar refractivity (Wildman–Crippen MR) is 124 cm³/mol. The van der Waals surface area contributed by atoms with Crippen LogP contribution in [0.5, 0.6) is 5.75 Å². The lowest BCUT2D eigenvalue weighted by atomic mass is 10.2. The Labute approximate surface area is 190 Å². The first kappa shape index (κ1) is 22.9. The third kappa shape index (κ3) is 6.12. The lowest BCUT2D eigenvalue weighted by molar-refractivity contribution is -0.120. The number of ether oxygens (including phenoxy) is 1. The van der Waals surface area contributed by atoms with E-state index in [0.717, 1.165) is 16.9 Å². The molecule has 6 nitrogen and oxygen atoms in total. The quantitative estimate of drug-likeness (QED) is 0.508. The van der Waals surface area contributed by atoms with Crippen molar-refractivity contribution in [2.75, 3.05) is 6.61 Å². The van der Waals surface area contributed by atoms with Gasteiger partial charge in [-0.2, -0.15) is 9.78 Å². The first-order valence-electron chi connectivity index (χ1n) is 9.90. The fourth-order valence-electron chi connectivity index (χ4n) is 2.79. The second kappa shape index (κ2) is 10.5. The molecule has 162 valence electrons. The van der Waals surface area contributed by atoms with Crippen molar-refractivity contribution in [2.45, 2.75) is 37.6 Å². The van der Waals surface area contributed by atoms with E-state index in [-0.39, 0.29) is 16.7 Å². The second-order valence-corrected chi connectivity index (χ2v) is 8.68. The van der Waals surface area contributed by atoms with Gasteiger partial charge in [-0.1, -0.05) is 41.6 Å². The van der Waals surface area contributed by atoms with E-state index in [9.17, 15) is 9.59 Å². The number of amides is 1. The third-order valence-electron chi connectivity index (χ3n) is 4.54. The summed E-state index contributed by atoms with van der Waals surface area (Å²) < 4.78 is 6.71. The van der Waals surface area contributed by atoms with Crippen LogP contribution >= 0.6 is 23.4 Å². The zero-order valence-electron chi connectivity index (χ0n) is 17.6. The molecule has 1 N–H and O–H groups in total. The van der Waals surface area contributed by atoms with Crippen LogP contribution in [0.3, 0.4) is 0 Å². The molecule has 1 atom stereocenters. The maximum Gasteiger partial charge on any atom is 0.271 e. The Morgan fingerprint density at radius 1 is 1.19 bits per heavy atom. The van der Waals surface area contributed by atoms with Gasteiger partial charge in [0.1, 0.15) is 10.8 Å². The van der Waals surface area contributed by atoms with Gasteiger partial charge in [0, 0.05) is 17.6 Å². The monoisotopic (exact) mass is 457 g/mol. The molecular formula is C23H24ClN3O3S. The zero-order chi connectivity index (χ0) is 22.4. The van der Waals surface area contributed by atoms with E-state index < -0.39 is 0 Å². The largest absolute Gasteiger partial charge is 0.494 e. The maximum absolute atomic E-state index is 12.5. The summed E-state index contributed by atoms with van der Waals surface area (Å²) in [6.07, 6.45) is 0. The van der Waals surface area contributed by atoms with Crippen molar-refractivity contribution in [3.05, 3.63) is 81.1 Å². The number of hydrogen-bond acceptors (Lipinski definition) is 5. The molecule has 3 aromatic rings. The van der Waals surface area contributed by atoms with Crippen LogP contribution in [-0.2, 0) is 11.3 Å². The van der Waals surface area contributed by atoms with Gasteiger partial charge < -0.3 is 10.1 Å². The summed E-state index contributed by atoms with van der Waals surface area (Å²) in [6, 6.07) is 16.0. The molecule has 0 saturated carbocycles. The van der Waals surface area contributed by atoms with Gasteiger partial charge in [0.2, 0.25) is 5.91 Å². The van der Waals surface area contributed by atoms with Crippen LogP contribution in [0, 0.1) is 6.92 Å². The summed E-state index contributed by atoms with van der Waals surface area (Å²) in [6.45, 7) is 6.67. The highest BCUT2D eigenvalue weighted by Gasteiger charge is 2.16. The Bertz CT molecular complexity index is 1120. The Morgan fingerprint density at radius 3 is 2.61 bits per heavy atom. The molecule has 1 heterocycles. The van der Waals surface area contributed by atoms with Crippen molar-refractivity contribution in [3.63, 3.8) is 0 Å². The first-order chi connectivity index (χ1) is 14.9. The second-order valence-electron chi connectivity index (χ2n) is 6.91. The molecule has 0 radical (unpaired) electrons. The van der Waals surface area contributed by atoms with E-state index in [4.69, 9.17) is 16.3 Å². The highest BCUT2D eigenvalue weighted by molar-refractivity contribution is 8.00. The maximum atomic E-state index is 12.5. The minimum absolute atomic E-state index is 0.114. The van der Waals surface area contributed by atoms with E-state index in [2.05, 4.69) is 10.4 Å². The topological polar surface area (TPSA) is 73.2 Å². The number of nitrogens with one attached hydrogen (secondary N) is 1. The average Bonchev–Trinajstić information content (AvgIpc) is 2.76. The van der Waals surface area contributed by atoms with Crippen molar-refractivity contribution in [1.82, 2.24) is 15.1 Å². The lowest BCUT2D eigenvalue weighted by Crippen LogP contribution is -2.30. The third-order valence-corrected chi connectivity index (χ3v) is 5.98. The number of hydrogen-bond donors (Lipinski definition) is 1. The van der Waals surface area contributed by atoms with E-state index >= 15 is 0 Å². The van der Waals surface area contributed by atoms with Crippen LogP contribution in [0.25, 0.3) is 5.69 Å². The summed E-state index contributed by atoms with van der Waals surface area (Å²) in [5.41, 5.74) is 2.21. The van der Waals surface area contributed by atoms with E-state index in [1.165, 1.54) is 22.5 Å². The molecule has 3 rings (SSSR count). The Morgan fingerprint density at radius 2 is 1.94 bits per heavy atom. The van der Waals surface area contributed by atoms with E-state index in [1.807, 2.05) is 44.2 Å². The number of thioether (sulfide) groups is 1. The van der Waals surface area contributed by atoms with E-state index in [0.29, 0.717) is 28.9 Å². The minimum Gasteiger partial charge on any atom is -0.494 e. The van der Waals surface area contributed by atoms with Crippen molar-refractivity contribution >= 4 is 29.3 Å². The van der Waals surface area contributed by atoms with Crippen LogP contribution in [-0.4, -0.2) is 27.5 Å². The molecule has 1 amide bonds. The van der Waals surface area contributed by atoms with Gasteiger partial charge in [-0.05, 0) is 62.2 Å². The standard InChI is InChI=1S/C23H24ClN3O3S/c1-4-30-19-9-6-17(7-10-19)14-25-23(29)16(3)31-21-11-12-22(28)27(26-21)18-8-5-15(2)20(24)13-18/h5-13,16H,4,14H2,1-3H3,(H,25,29)/t16-/m1/s1. The lowest BCUT2D eigenvalue weighted by Gasteiger charge is -2.13. The molecule has 0 fully saturated rings. The SMILES string of the molecule is CCOc1ccc(CNC(=O)[C@@H](C)Sc2ccc(=O)n(-c3ccc(C)c(Cl)c3)n2)cc1. The highest BCUT2D eigenvalue weighted by atomic mass is 35.5. The molecule has 8 heteroatoms. The Kier molecular flexibility index (Phi) is 7.76. The van der Waals surface area contributed by atoms with Gasteiger partial charge in [0.15, 0.2) is 0 Å². The number of halogens is 1.